The SMILES string of the molecule is CC(CC(=O)O)NCC1(CO)CCCCC1. The van der Waals surface area contributed by atoms with Crippen LogP contribution in [0.25, 0.3) is 0 Å². The van der Waals surface area contributed by atoms with E-state index in [9.17, 15) is 9.90 Å². The van der Waals surface area contributed by atoms with Crippen molar-refractivity contribution in [1.29, 1.82) is 0 Å². The molecule has 3 N–H and O–H groups in total. The topological polar surface area (TPSA) is 69.6 Å². The van der Waals surface area contributed by atoms with Crippen molar-refractivity contribution in [3.05, 3.63) is 0 Å². The van der Waals surface area contributed by atoms with Gasteiger partial charge in [-0.05, 0) is 19.8 Å². The number of nitrogens with one attached hydrogen (secondary N) is 1. The van der Waals surface area contributed by atoms with E-state index in [0.717, 1.165) is 19.4 Å². The van der Waals surface area contributed by atoms with Gasteiger partial charge in [0.15, 0.2) is 0 Å². The van der Waals surface area contributed by atoms with Gasteiger partial charge in [0.1, 0.15) is 0 Å². The molecule has 0 amide bonds. The van der Waals surface area contributed by atoms with E-state index in [1.807, 2.05) is 6.92 Å². The van der Waals surface area contributed by atoms with Gasteiger partial charge in [0.2, 0.25) is 0 Å². The zero-order valence-electron chi connectivity index (χ0n) is 10.0. The highest BCUT2D eigenvalue weighted by molar-refractivity contribution is 5.67. The van der Waals surface area contributed by atoms with Gasteiger partial charge in [-0.2, -0.15) is 0 Å². The number of aliphatic carboxylic acids is 1. The summed E-state index contributed by atoms with van der Waals surface area (Å²) >= 11 is 0. The summed E-state index contributed by atoms with van der Waals surface area (Å²) in [5.41, 5.74) is -0.00892. The van der Waals surface area contributed by atoms with Crippen molar-refractivity contribution < 1.29 is 15.0 Å². The standard InChI is InChI=1S/C12H23NO3/c1-10(7-11(15)16)13-8-12(9-14)5-3-2-4-6-12/h10,13-14H,2-9H2,1H3,(H,15,16). The van der Waals surface area contributed by atoms with E-state index in [-0.39, 0.29) is 24.5 Å². The Morgan fingerprint density at radius 1 is 1.38 bits per heavy atom. The predicted octanol–water partition coefficient (Wildman–Crippen LogP) is 1.38. The molecule has 0 bridgehead atoms. The molecule has 0 aromatic rings. The van der Waals surface area contributed by atoms with E-state index < -0.39 is 5.97 Å². The van der Waals surface area contributed by atoms with Crippen LogP contribution in [-0.2, 0) is 4.79 Å². The summed E-state index contributed by atoms with van der Waals surface area (Å²) in [6, 6.07) is -0.0251. The third kappa shape index (κ3) is 4.10. The molecule has 16 heavy (non-hydrogen) atoms. The number of hydrogen-bond donors (Lipinski definition) is 3. The Labute approximate surface area is 97.0 Å². The Bertz CT molecular complexity index is 224. The molecule has 0 aliphatic heterocycles. The second kappa shape index (κ2) is 6.21. The molecular formula is C12H23NO3. The van der Waals surface area contributed by atoms with Gasteiger partial charge in [0.05, 0.1) is 6.42 Å². The molecule has 94 valence electrons. The molecule has 0 spiro atoms. The van der Waals surface area contributed by atoms with Crippen LogP contribution in [0.2, 0.25) is 0 Å². The minimum atomic E-state index is -0.776. The van der Waals surface area contributed by atoms with E-state index in [2.05, 4.69) is 5.32 Å². The summed E-state index contributed by atoms with van der Waals surface area (Å²) in [6.45, 7) is 2.82. The molecule has 0 aromatic carbocycles. The van der Waals surface area contributed by atoms with Crippen molar-refractivity contribution in [2.24, 2.45) is 5.41 Å². The van der Waals surface area contributed by atoms with Gasteiger partial charge in [0.25, 0.3) is 0 Å². The fourth-order valence-corrected chi connectivity index (χ4v) is 2.42. The van der Waals surface area contributed by atoms with Crippen LogP contribution in [0.15, 0.2) is 0 Å². The summed E-state index contributed by atoms with van der Waals surface area (Å²) < 4.78 is 0. The Kier molecular flexibility index (Phi) is 5.22. The normalized spacial score (nSPS) is 21.6. The molecule has 1 saturated carbocycles. The highest BCUT2D eigenvalue weighted by Gasteiger charge is 2.31. The third-order valence-electron chi connectivity index (χ3n) is 3.56. The van der Waals surface area contributed by atoms with E-state index in [0.29, 0.717) is 0 Å². The van der Waals surface area contributed by atoms with Crippen LogP contribution in [0.3, 0.4) is 0 Å². The second-order valence-corrected chi connectivity index (χ2v) is 5.10. The lowest BCUT2D eigenvalue weighted by Crippen LogP contribution is -2.42. The van der Waals surface area contributed by atoms with Gasteiger partial charge in [0, 0.05) is 24.6 Å². The van der Waals surface area contributed by atoms with Crippen LogP contribution in [0.1, 0.15) is 45.4 Å². The van der Waals surface area contributed by atoms with E-state index >= 15 is 0 Å². The van der Waals surface area contributed by atoms with Crippen molar-refractivity contribution >= 4 is 5.97 Å². The molecule has 0 aromatic heterocycles. The maximum Gasteiger partial charge on any atom is 0.304 e. The molecule has 1 unspecified atom stereocenters. The second-order valence-electron chi connectivity index (χ2n) is 5.10. The summed E-state index contributed by atoms with van der Waals surface area (Å²) in [5.74, 6) is -0.776. The van der Waals surface area contributed by atoms with E-state index in [4.69, 9.17) is 5.11 Å². The lowest BCUT2D eigenvalue weighted by molar-refractivity contribution is -0.137. The Morgan fingerprint density at radius 3 is 2.50 bits per heavy atom. The van der Waals surface area contributed by atoms with Crippen LogP contribution in [0.5, 0.6) is 0 Å². The van der Waals surface area contributed by atoms with Crippen LogP contribution < -0.4 is 5.32 Å². The molecule has 0 heterocycles. The molecule has 4 nitrogen and oxygen atoms in total. The maximum absolute atomic E-state index is 10.5. The van der Waals surface area contributed by atoms with E-state index in [1.165, 1.54) is 19.3 Å². The van der Waals surface area contributed by atoms with Crippen LogP contribution in [-0.4, -0.2) is 35.4 Å². The highest BCUT2D eigenvalue weighted by Crippen LogP contribution is 2.35. The van der Waals surface area contributed by atoms with Gasteiger partial charge < -0.3 is 15.5 Å². The van der Waals surface area contributed by atoms with Gasteiger partial charge in [-0.15, -0.1) is 0 Å². The molecule has 1 atom stereocenters. The number of aliphatic hydroxyl groups excluding tert-OH is 1. The number of hydrogen-bond acceptors (Lipinski definition) is 3. The van der Waals surface area contributed by atoms with Crippen LogP contribution in [0.4, 0.5) is 0 Å². The van der Waals surface area contributed by atoms with Gasteiger partial charge in [-0.3, -0.25) is 4.79 Å². The lowest BCUT2D eigenvalue weighted by Gasteiger charge is -2.36. The number of carboxylic acid groups (broad SMARTS) is 1. The Balaban J connectivity index is 2.35. The zero-order valence-corrected chi connectivity index (χ0v) is 10.0. The molecule has 1 aliphatic carbocycles. The lowest BCUT2D eigenvalue weighted by atomic mass is 9.74. The first-order valence-electron chi connectivity index (χ1n) is 6.14. The summed E-state index contributed by atoms with van der Waals surface area (Å²) in [7, 11) is 0. The number of carboxylic acids is 1. The van der Waals surface area contributed by atoms with Crippen LogP contribution in [0, 0.1) is 5.41 Å². The number of aliphatic hydroxyl groups is 1. The Morgan fingerprint density at radius 2 is 2.00 bits per heavy atom. The van der Waals surface area contributed by atoms with Crippen molar-refractivity contribution in [1.82, 2.24) is 5.32 Å². The summed E-state index contributed by atoms with van der Waals surface area (Å²) in [6.07, 6.45) is 5.85. The average molecular weight is 229 g/mol. The number of carbonyl (C=O) groups is 1. The molecule has 1 rings (SSSR count). The van der Waals surface area contributed by atoms with Crippen molar-refractivity contribution in [3.63, 3.8) is 0 Å². The van der Waals surface area contributed by atoms with E-state index in [1.54, 1.807) is 0 Å². The maximum atomic E-state index is 10.5. The largest absolute Gasteiger partial charge is 0.481 e. The molecule has 0 radical (unpaired) electrons. The van der Waals surface area contributed by atoms with Gasteiger partial charge in [-0.25, -0.2) is 0 Å². The molecular weight excluding hydrogens is 206 g/mol. The fraction of sp³-hybridized carbons (Fsp3) is 0.917. The first-order chi connectivity index (χ1) is 7.58. The van der Waals surface area contributed by atoms with Crippen molar-refractivity contribution in [2.75, 3.05) is 13.2 Å². The predicted molar refractivity (Wildman–Crippen MR) is 62.3 cm³/mol. The molecule has 1 fully saturated rings. The first kappa shape index (κ1) is 13.5. The monoisotopic (exact) mass is 229 g/mol. The van der Waals surface area contributed by atoms with Crippen molar-refractivity contribution in [2.45, 2.75) is 51.5 Å². The zero-order chi connectivity index (χ0) is 12.0. The Hall–Kier alpha value is -0.610. The minimum Gasteiger partial charge on any atom is -0.481 e. The fourth-order valence-electron chi connectivity index (χ4n) is 2.42. The summed E-state index contributed by atoms with van der Waals surface area (Å²) in [5, 5.41) is 21.4. The van der Waals surface area contributed by atoms with Gasteiger partial charge in [-0.1, -0.05) is 19.3 Å². The molecule has 4 heteroatoms. The van der Waals surface area contributed by atoms with Crippen molar-refractivity contribution in [3.8, 4) is 0 Å². The molecule has 0 saturated heterocycles. The van der Waals surface area contributed by atoms with Gasteiger partial charge >= 0.3 is 5.97 Å². The quantitative estimate of drug-likeness (QED) is 0.643. The first-order valence-corrected chi connectivity index (χ1v) is 6.14. The molecule has 1 aliphatic rings. The summed E-state index contributed by atoms with van der Waals surface area (Å²) in [4.78, 5) is 10.5. The smallest absolute Gasteiger partial charge is 0.304 e. The highest BCUT2D eigenvalue weighted by atomic mass is 16.4. The number of rotatable bonds is 6. The average Bonchev–Trinajstić information content (AvgIpc) is 2.27. The minimum absolute atomic E-state index is 0.00892. The third-order valence-corrected chi connectivity index (χ3v) is 3.56. The van der Waals surface area contributed by atoms with Crippen LogP contribution >= 0.6 is 0 Å².